The van der Waals surface area contributed by atoms with Crippen LogP contribution in [0.3, 0.4) is 0 Å². The van der Waals surface area contributed by atoms with Crippen molar-refractivity contribution < 1.29 is 0 Å². The second-order valence-electron chi connectivity index (χ2n) is 5.12. The molecule has 0 amide bonds. The standard InChI is InChI=1S/C14H21N/c1-14(15,13-9-10-13)11-5-8-12-6-3-2-4-7-12/h2-4,6-7,13H,5,8-11,15H2,1H3. The molecule has 0 aliphatic heterocycles. The van der Waals surface area contributed by atoms with Crippen LogP contribution in [0.15, 0.2) is 30.3 Å². The third kappa shape index (κ3) is 3.07. The predicted octanol–water partition coefficient (Wildman–Crippen LogP) is 3.14. The SMILES string of the molecule is CC(N)(CCCc1ccccc1)C1CC1. The second kappa shape index (κ2) is 4.36. The molecule has 1 aromatic carbocycles. The Balaban J connectivity index is 1.75. The maximum Gasteiger partial charge on any atom is 0.0154 e. The van der Waals surface area contributed by atoms with Crippen LogP contribution in [-0.2, 0) is 6.42 Å². The summed E-state index contributed by atoms with van der Waals surface area (Å²) in [6.07, 6.45) is 6.23. The lowest BCUT2D eigenvalue weighted by Crippen LogP contribution is -2.38. The fourth-order valence-electron chi connectivity index (χ4n) is 2.27. The van der Waals surface area contributed by atoms with Gasteiger partial charge in [-0.25, -0.2) is 0 Å². The van der Waals surface area contributed by atoms with Gasteiger partial charge in [0, 0.05) is 5.54 Å². The molecule has 0 bridgehead atoms. The van der Waals surface area contributed by atoms with Gasteiger partial charge in [0.1, 0.15) is 0 Å². The van der Waals surface area contributed by atoms with Gasteiger partial charge in [-0.1, -0.05) is 30.3 Å². The molecule has 2 N–H and O–H groups in total. The molecule has 1 unspecified atom stereocenters. The molecule has 1 aliphatic carbocycles. The van der Waals surface area contributed by atoms with Gasteiger partial charge in [-0.05, 0) is 50.5 Å². The van der Waals surface area contributed by atoms with Gasteiger partial charge in [0.25, 0.3) is 0 Å². The van der Waals surface area contributed by atoms with Crippen molar-refractivity contribution >= 4 is 0 Å². The van der Waals surface area contributed by atoms with Gasteiger partial charge in [-0.3, -0.25) is 0 Å². The average Bonchev–Trinajstić information content (AvgIpc) is 3.02. The van der Waals surface area contributed by atoms with Crippen molar-refractivity contribution in [1.82, 2.24) is 0 Å². The Labute approximate surface area is 92.7 Å². The number of rotatable bonds is 5. The van der Waals surface area contributed by atoms with Crippen LogP contribution >= 0.6 is 0 Å². The van der Waals surface area contributed by atoms with Gasteiger partial charge in [0.15, 0.2) is 0 Å². The summed E-state index contributed by atoms with van der Waals surface area (Å²) in [6.45, 7) is 2.22. The summed E-state index contributed by atoms with van der Waals surface area (Å²) in [5.74, 6) is 0.799. The Kier molecular flexibility index (Phi) is 3.11. The average molecular weight is 203 g/mol. The lowest BCUT2D eigenvalue weighted by atomic mass is 9.90. The molecule has 1 saturated carbocycles. The molecule has 82 valence electrons. The van der Waals surface area contributed by atoms with Crippen LogP contribution in [0.4, 0.5) is 0 Å². The van der Waals surface area contributed by atoms with E-state index in [2.05, 4.69) is 37.3 Å². The van der Waals surface area contributed by atoms with E-state index in [-0.39, 0.29) is 5.54 Å². The normalized spacial score (nSPS) is 19.9. The van der Waals surface area contributed by atoms with Crippen LogP contribution in [0.5, 0.6) is 0 Å². The molecule has 0 radical (unpaired) electrons. The maximum atomic E-state index is 6.29. The molecule has 0 heterocycles. The molecular formula is C14H21N. The Morgan fingerprint density at radius 2 is 1.93 bits per heavy atom. The summed E-state index contributed by atoms with van der Waals surface area (Å²) < 4.78 is 0. The van der Waals surface area contributed by atoms with E-state index in [1.54, 1.807) is 0 Å². The minimum absolute atomic E-state index is 0.0920. The first-order chi connectivity index (χ1) is 7.18. The van der Waals surface area contributed by atoms with E-state index in [1.807, 2.05) is 0 Å². The number of aryl methyl sites for hydroxylation is 1. The number of benzene rings is 1. The molecule has 1 heteroatoms. The van der Waals surface area contributed by atoms with Crippen LogP contribution in [0.1, 0.15) is 38.2 Å². The Morgan fingerprint density at radius 1 is 1.27 bits per heavy atom. The van der Waals surface area contributed by atoms with Crippen molar-refractivity contribution in [3.05, 3.63) is 35.9 Å². The third-order valence-electron chi connectivity index (χ3n) is 3.53. The first-order valence-corrected chi connectivity index (χ1v) is 6.01. The zero-order valence-electron chi connectivity index (χ0n) is 9.58. The largest absolute Gasteiger partial charge is 0.325 e. The van der Waals surface area contributed by atoms with E-state index in [0.717, 1.165) is 12.3 Å². The molecule has 1 atom stereocenters. The minimum atomic E-state index is 0.0920. The van der Waals surface area contributed by atoms with Crippen molar-refractivity contribution in [2.75, 3.05) is 0 Å². The summed E-state index contributed by atoms with van der Waals surface area (Å²) in [5, 5.41) is 0. The predicted molar refractivity (Wildman–Crippen MR) is 64.7 cm³/mol. The van der Waals surface area contributed by atoms with E-state index >= 15 is 0 Å². The van der Waals surface area contributed by atoms with Gasteiger partial charge < -0.3 is 5.73 Å². The summed E-state index contributed by atoms with van der Waals surface area (Å²) in [5.41, 5.74) is 7.81. The highest BCUT2D eigenvalue weighted by Crippen LogP contribution is 2.40. The van der Waals surface area contributed by atoms with Crippen LogP contribution in [0.25, 0.3) is 0 Å². The van der Waals surface area contributed by atoms with Crippen LogP contribution in [-0.4, -0.2) is 5.54 Å². The van der Waals surface area contributed by atoms with Crippen LogP contribution < -0.4 is 5.73 Å². The molecule has 15 heavy (non-hydrogen) atoms. The topological polar surface area (TPSA) is 26.0 Å². The highest BCUT2D eigenvalue weighted by atomic mass is 14.8. The summed E-state index contributed by atoms with van der Waals surface area (Å²) in [4.78, 5) is 0. The molecule has 2 rings (SSSR count). The lowest BCUT2D eigenvalue weighted by molar-refractivity contribution is 0.368. The maximum absolute atomic E-state index is 6.29. The van der Waals surface area contributed by atoms with Gasteiger partial charge in [0.05, 0.1) is 0 Å². The Morgan fingerprint density at radius 3 is 2.53 bits per heavy atom. The first-order valence-electron chi connectivity index (χ1n) is 6.01. The Hall–Kier alpha value is -0.820. The smallest absolute Gasteiger partial charge is 0.0154 e. The molecule has 0 spiro atoms. The third-order valence-corrected chi connectivity index (χ3v) is 3.53. The van der Waals surface area contributed by atoms with Gasteiger partial charge in [0.2, 0.25) is 0 Å². The monoisotopic (exact) mass is 203 g/mol. The first kappa shape index (κ1) is 10.7. The quantitative estimate of drug-likeness (QED) is 0.781. The number of hydrogen-bond donors (Lipinski definition) is 1. The summed E-state index contributed by atoms with van der Waals surface area (Å²) >= 11 is 0. The fraction of sp³-hybridized carbons (Fsp3) is 0.571. The van der Waals surface area contributed by atoms with Crippen molar-refractivity contribution in [2.24, 2.45) is 11.7 Å². The van der Waals surface area contributed by atoms with Crippen molar-refractivity contribution in [3.8, 4) is 0 Å². The van der Waals surface area contributed by atoms with Gasteiger partial charge in [-0.2, -0.15) is 0 Å². The molecule has 0 saturated heterocycles. The van der Waals surface area contributed by atoms with E-state index in [4.69, 9.17) is 5.73 Å². The van der Waals surface area contributed by atoms with Crippen LogP contribution in [0, 0.1) is 5.92 Å². The van der Waals surface area contributed by atoms with Gasteiger partial charge >= 0.3 is 0 Å². The molecule has 1 aromatic rings. The van der Waals surface area contributed by atoms with E-state index < -0.39 is 0 Å². The van der Waals surface area contributed by atoms with E-state index in [0.29, 0.717) is 0 Å². The van der Waals surface area contributed by atoms with E-state index in [1.165, 1.54) is 31.2 Å². The molecular weight excluding hydrogens is 182 g/mol. The number of nitrogens with two attached hydrogens (primary N) is 1. The van der Waals surface area contributed by atoms with Crippen molar-refractivity contribution in [2.45, 2.75) is 44.6 Å². The molecule has 1 fully saturated rings. The molecule has 1 aliphatic rings. The molecule has 1 nitrogen and oxygen atoms in total. The second-order valence-corrected chi connectivity index (χ2v) is 5.12. The van der Waals surface area contributed by atoms with E-state index in [9.17, 15) is 0 Å². The number of hydrogen-bond acceptors (Lipinski definition) is 1. The fourth-order valence-corrected chi connectivity index (χ4v) is 2.27. The summed E-state index contributed by atoms with van der Waals surface area (Å²) in [6, 6.07) is 10.7. The van der Waals surface area contributed by atoms with Crippen LogP contribution in [0.2, 0.25) is 0 Å². The van der Waals surface area contributed by atoms with Crippen molar-refractivity contribution in [3.63, 3.8) is 0 Å². The lowest BCUT2D eigenvalue weighted by Gasteiger charge is -2.24. The van der Waals surface area contributed by atoms with Crippen molar-refractivity contribution in [1.29, 1.82) is 0 Å². The summed E-state index contributed by atoms with van der Waals surface area (Å²) in [7, 11) is 0. The zero-order valence-corrected chi connectivity index (χ0v) is 9.58. The highest BCUT2D eigenvalue weighted by molar-refractivity contribution is 5.14. The molecule has 0 aromatic heterocycles. The van der Waals surface area contributed by atoms with Gasteiger partial charge in [-0.15, -0.1) is 0 Å². The minimum Gasteiger partial charge on any atom is -0.325 e. The Bertz CT molecular complexity index is 298. The highest BCUT2D eigenvalue weighted by Gasteiger charge is 2.37. The zero-order chi connectivity index (χ0) is 10.7.